The Labute approximate surface area is 110 Å². The molecule has 0 unspecified atom stereocenters. The van der Waals surface area contributed by atoms with Crippen molar-refractivity contribution < 1.29 is 13.5 Å². The molecule has 0 aliphatic rings. The minimum Gasteiger partial charge on any atom is -0.497 e. The molecule has 0 amide bonds. The van der Waals surface area contributed by atoms with Crippen molar-refractivity contribution in [3.05, 3.63) is 53.6 Å². The van der Waals surface area contributed by atoms with Crippen LogP contribution in [0, 0.1) is 11.6 Å². The molecule has 0 saturated heterocycles. The topological polar surface area (TPSA) is 47.3 Å². The highest BCUT2D eigenvalue weighted by Crippen LogP contribution is 2.23. The van der Waals surface area contributed by atoms with Crippen LogP contribution < -0.4 is 15.8 Å². The van der Waals surface area contributed by atoms with E-state index in [4.69, 9.17) is 10.5 Å². The summed E-state index contributed by atoms with van der Waals surface area (Å²) in [5, 5.41) is 3.01. The lowest BCUT2D eigenvalue weighted by molar-refractivity contribution is 0.415. The molecule has 0 radical (unpaired) electrons. The van der Waals surface area contributed by atoms with Gasteiger partial charge in [0, 0.05) is 41.7 Å². The van der Waals surface area contributed by atoms with Gasteiger partial charge < -0.3 is 15.8 Å². The van der Waals surface area contributed by atoms with Crippen molar-refractivity contribution in [3.8, 4) is 5.75 Å². The van der Waals surface area contributed by atoms with E-state index in [1.54, 1.807) is 18.2 Å². The molecule has 0 heterocycles. The first-order valence-electron chi connectivity index (χ1n) is 5.71. The number of rotatable bonds is 4. The monoisotopic (exact) mass is 264 g/mol. The number of benzene rings is 2. The van der Waals surface area contributed by atoms with E-state index in [0.29, 0.717) is 22.7 Å². The number of ether oxygens (including phenoxy) is 1. The van der Waals surface area contributed by atoms with Gasteiger partial charge in [-0.3, -0.25) is 0 Å². The van der Waals surface area contributed by atoms with Gasteiger partial charge in [0.1, 0.15) is 17.4 Å². The molecule has 0 atom stereocenters. The van der Waals surface area contributed by atoms with Crippen molar-refractivity contribution in [2.45, 2.75) is 6.54 Å². The van der Waals surface area contributed by atoms with Crippen LogP contribution in [-0.2, 0) is 6.54 Å². The molecule has 3 nitrogen and oxygen atoms in total. The third-order valence-electron chi connectivity index (χ3n) is 2.66. The van der Waals surface area contributed by atoms with Crippen LogP contribution in [0.3, 0.4) is 0 Å². The van der Waals surface area contributed by atoms with Crippen molar-refractivity contribution in [2.75, 3.05) is 18.2 Å². The van der Waals surface area contributed by atoms with E-state index < -0.39 is 11.6 Å². The summed E-state index contributed by atoms with van der Waals surface area (Å²) in [5.74, 6) is -0.558. The van der Waals surface area contributed by atoms with Gasteiger partial charge >= 0.3 is 0 Å². The Hall–Kier alpha value is -2.30. The van der Waals surface area contributed by atoms with Crippen LogP contribution in [0.2, 0.25) is 0 Å². The van der Waals surface area contributed by atoms with Crippen LogP contribution in [0.15, 0.2) is 36.4 Å². The molecule has 19 heavy (non-hydrogen) atoms. The molecule has 0 aliphatic heterocycles. The Morgan fingerprint density at radius 2 is 1.95 bits per heavy atom. The van der Waals surface area contributed by atoms with Crippen molar-refractivity contribution in [2.24, 2.45) is 0 Å². The molecule has 0 spiro atoms. The molecule has 0 bridgehead atoms. The second kappa shape index (κ2) is 5.56. The lowest BCUT2D eigenvalue weighted by Gasteiger charge is -2.10. The molecule has 0 saturated carbocycles. The first kappa shape index (κ1) is 13.1. The van der Waals surface area contributed by atoms with E-state index in [2.05, 4.69) is 5.32 Å². The number of methoxy groups -OCH3 is 1. The SMILES string of the molecule is COc1cc(N)cc(NCc2ccc(F)cc2F)c1. The maximum atomic E-state index is 13.4. The quantitative estimate of drug-likeness (QED) is 0.834. The number of nitrogens with one attached hydrogen (secondary N) is 1. The highest BCUT2D eigenvalue weighted by atomic mass is 19.1. The van der Waals surface area contributed by atoms with Gasteiger partial charge in [-0.05, 0) is 12.1 Å². The van der Waals surface area contributed by atoms with Gasteiger partial charge in [-0.1, -0.05) is 6.07 Å². The Balaban J connectivity index is 2.12. The molecule has 100 valence electrons. The highest BCUT2D eigenvalue weighted by Gasteiger charge is 2.04. The number of nitrogens with two attached hydrogens (primary N) is 1. The average Bonchev–Trinajstić information content (AvgIpc) is 2.37. The summed E-state index contributed by atoms with van der Waals surface area (Å²) in [7, 11) is 1.54. The average molecular weight is 264 g/mol. The van der Waals surface area contributed by atoms with Crippen LogP contribution in [-0.4, -0.2) is 7.11 Å². The molecule has 2 aromatic carbocycles. The van der Waals surface area contributed by atoms with Crippen LogP contribution >= 0.6 is 0 Å². The van der Waals surface area contributed by atoms with Gasteiger partial charge in [-0.25, -0.2) is 8.78 Å². The molecule has 2 aromatic rings. The Morgan fingerprint density at radius 1 is 1.16 bits per heavy atom. The van der Waals surface area contributed by atoms with Crippen molar-refractivity contribution in [3.63, 3.8) is 0 Å². The largest absolute Gasteiger partial charge is 0.497 e. The fourth-order valence-electron chi connectivity index (χ4n) is 1.70. The summed E-state index contributed by atoms with van der Waals surface area (Å²) in [6.45, 7) is 0.235. The van der Waals surface area contributed by atoms with Crippen LogP contribution in [0.5, 0.6) is 5.75 Å². The Morgan fingerprint density at radius 3 is 2.63 bits per heavy atom. The lowest BCUT2D eigenvalue weighted by atomic mass is 10.2. The summed E-state index contributed by atoms with van der Waals surface area (Å²) in [6, 6.07) is 8.63. The zero-order valence-corrected chi connectivity index (χ0v) is 10.4. The molecule has 0 aromatic heterocycles. The number of anilines is 2. The summed E-state index contributed by atoms with van der Waals surface area (Å²) in [4.78, 5) is 0. The van der Waals surface area contributed by atoms with Gasteiger partial charge in [0.15, 0.2) is 0 Å². The van der Waals surface area contributed by atoms with E-state index >= 15 is 0 Å². The fraction of sp³-hybridized carbons (Fsp3) is 0.143. The van der Waals surface area contributed by atoms with Crippen LogP contribution in [0.25, 0.3) is 0 Å². The first-order valence-corrected chi connectivity index (χ1v) is 5.71. The molecular formula is C14H14F2N2O. The molecule has 2 rings (SSSR count). The minimum atomic E-state index is -0.591. The molecule has 5 heteroatoms. The zero-order valence-electron chi connectivity index (χ0n) is 10.4. The standard InChI is InChI=1S/C14H14F2N2O/c1-19-13-6-11(17)5-12(7-13)18-8-9-2-3-10(15)4-14(9)16/h2-7,18H,8,17H2,1H3. The van der Waals surface area contributed by atoms with E-state index in [0.717, 1.165) is 6.07 Å². The number of nitrogen functional groups attached to an aromatic ring is 1. The summed E-state index contributed by atoms with van der Waals surface area (Å²) in [5.41, 5.74) is 7.34. The zero-order chi connectivity index (χ0) is 13.8. The number of hydrogen-bond acceptors (Lipinski definition) is 3. The van der Waals surface area contributed by atoms with Crippen molar-refractivity contribution >= 4 is 11.4 Å². The third-order valence-corrected chi connectivity index (χ3v) is 2.66. The van der Waals surface area contributed by atoms with Crippen molar-refractivity contribution in [1.82, 2.24) is 0 Å². The number of halogens is 2. The van der Waals surface area contributed by atoms with Gasteiger partial charge in [0.2, 0.25) is 0 Å². The predicted octanol–water partition coefficient (Wildman–Crippen LogP) is 3.17. The molecule has 3 N–H and O–H groups in total. The van der Waals surface area contributed by atoms with Gasteiger partial charge in [-0.15, -0.1) is 0 Å². The minimum absolute atomic E-state index is 0.235. The van der Waals surface area contributed by atoms with E-state index in [1.165, 1.54) is 19.2 Å². The van der Waals surface area contributed by atoms with E-state index in [1.807, 2.05) is 0 Å². The smallest absolute Gasteiger partial charge is 0.131 e. The first-order chi connectivity index (χ1) is 9.08. The van der Waals surface area contributed by atoms with Gasteiger partial charge in [0.25, 0.3) is 0 Å². The fourth-order valence-corrected chi connectivity index (χ4v) is 1.70. The van der Waals surface area contributed by atoms with E-state index in [9.17, 15) is 8.78 Å². The Bertz CT molecular complexity index is 588. The Kier molecular flexibility index (Phi) is 3.85. The van der Waals surface area contributed by atoms with Crippen LogP contribution in [0.4, 0.5) is 20.2 Å². The lowest BCUT2D eigenvalue weighted by Crippen LogP contribution is -2.03. The maximum Gasteiger partial charge on any atom is 0.131 e. The summed E-state index contributed by atoms with van der Waals surface area (Å²) in [6.07, 6.45) is 0. The summed E-state index contributed by atoms with van der Waals surface area (Å²) >= 11 is 0. The van der Waals surface area contributed by atoms with Gasteiger partial charge in [-0.2, -0.15) is 0 Å². The predicted molar refractivity (Wildman–Crippen MR) is 71.1 cm³/mol. The van der Waals surface area contributed by atoms with Gasteiger partial charge in [0.05, 0.1) is 7.11 Å². The number of hydrogen-bond donors (Lipinski definition) is 2. The molecular weight excluding hydrogens is 250 g/mol. The molecule has 0 aliphatic carbocycles. The second-order valence-corrected chi connectivity index (χ2v) is 4.08. The maximum absolute atomic E-state index is 13.4. The molecule has 0 fully saturated rings. The van der Waals surface area contributed by atoms with E-state index in [-0.39, 0.29) is 6.54 Å². The summed E-state index contributed by atoms with van der Waals surface area (Å²) < 4.78 is 31.3. The third kappa shape index (κ3) is 3.34. The normalized spacial score (nSPS) is 10.3. The highest BCUT2D eigenvalue weighted by molar-refractivity contribution is 5.59. The second-order valence-electron chi connectivity index (χ2n) is 4.08. The van der Waals surface area contributed by atoms with Crippen molar-refractivity contribution in [1.29, 1.82) is 0 Å². The van der Waals surface area contributed by atoms with Crippen LogP contribution in [0.1, 0.15) is 5.56 Å².